The second-order valence-corrected chi connectivity index (χ2v) is 7.76. The first-order valence-electron chi connectivity index (χ1n) is 9.45. The molecule has 0 saturated heterocycles. The number of alkyl halides is 3. The summed E-state index contributed by atoms with van der Waals surface area (Å²) in [5.41, 5.74) is 8.14. The number of allylic oxidation sites excluding steroid dienone is 1. The summed E-state index contributed by atoms with van der Waals surface area (Å²) in [4.78, 5) is 18.9. The number of pyridine rings is 1. The number of nitrogens with zero attached hydrogens (tertiary/aromatic N) is 3. The minimum Gasteiger partial charge on any atom is -0.306 e. The van der Waals surface area contributed by atoms with Crippen LogP contribution in [0, 0.1) is 13.8 Å². The second-order valence-electron chi connectivity index (χ2n) is 7.38. The van der Waals surface area contributed by atoms with Crippen molar-refractivity contribution >= 4 is 23.3 Å². The van der Waals surface area contributed by atoms with E-state index < -0.39 is 28.7 Å². The molecule has 31 heavy (non-hydrogen) atoms. The van der Waals surface area contributed by atoms with Gasteiger partial charge in [0.25, 0.3) is 5.91 Å². The molecule has 2 aromatic rings. The van der Waals surface area contributed by atoms with E-state index in [2.05, 4.69) is 15.9 Å². The van der Waals surface area contributed by atoms with E-state index in [1.165, 1.54) is 23.2 Å². The molecule has 0 fully saturated rings. The Morgan fingerprint density at radius 1 is 1.23 bits per heavy atom. The normalized spacial score (nSPS) is 18.4. The van der Waals surface area contributed by atoms with E-state index in [1.54, 1.807) is 18.0 Å². The standard InChI is InChI=1S/C21H19ClF3N5O/c1-11-9-12(2)26-17(10-11)30-16-7-8-29(13(3)19(16)27-28-30)20(31)14-5-4-6-15(18(14)22)21(23,24)25/h4-10,13,27-28H,1-3H3. The first kappa shape index (κ1) is 21.2. The quantitative estimate of drug-likeness (QED) is 0.708. The van der Waals surface area contributed by atoms with Gasteiger partial charge in [-0.1, -0.05) is 17.7 Å². The highest BCUT2D eigenvalue weighted by Crippen LogP contribution is 2.37. The van der Waals surface area contributed by atoms with Crippen LogP contribution in [0.2, 0.25) is 5.02 Å². The third-order valence-corrected chi connectivity index (χ3v) is 5.54. The van der Waals surface area contributed by atoms with Crippen LogP contribution in [0.1, 0.15) is 34.1 Å². The molecule has 3 heterocycles. The molecule has 0 saturated carbocycles. The molecule has 10 heteroatoms. The Hall–Kier alpha value is -3.04. The lowest BCUT2D eigenvalue weighted by Crippen LogP contribution is -2.42. The van der Waals surface area contributed by atoms with Crippen LogP contribution in [-0.4, -0.2) is 21.8 Å². The summed E-state index contributed by atoms with van der Waals surface area (Å²) in [6.45, 7) is 5.63. The molecule has 0 bridgehead atoms. The number of amides is 1. The van der Waals surface area contributed by atoms with Gasteiger partial charge in [-0.3, -0.25) is 4.79 Å². The number of aromatic nitrogens is 1. The SMILES string of the molecule is Cc1cc(C)nc(N2NNC3=C2C=CN(C(=O)c2cccc(C(F)(F)F)c2Cl)C3C)c1. The van der Waals surface area contributed by atoms with Crippen molar-refractivity contribution in [2.45, 2.75) is 33.0 Å². The Bertz CT molecular complexity index is 1110. The maximum absolute atomic E-state index is 13.2. The Morgan fingerprint density at radius 3 is 2.65 bits per heavy atom. The summed E-state index contributed by atoms with van der Waals surface area (Å²) in [5.74, 6) is 0.0451. The van der Waals surface area contributed by atoms with E-state index in [1.807, 2.05) is 26.0 Å². The topological polar surface area (TPSA) is 60.5 Å². The molecule has 1 atom stereocenters. The molecule has 1 aromatic carbocycles. The van der Waals surface area contributed by atoms with E-state index in [9.17, 15) is 18.0 Å². The molecule has 0 radical (unpaired) electrons. The van der Waals surface area contributed by atoms with Crippen LogP contribution in [0.3, 0.4) is 0 Å². The maximum Gasteiger partial charge on any atom is 0.417 e. The van der Waals surface area contributed by atoms with Gasteiger partial charge in [-0.25, -0.2) is 9.99 Å². The smallest absolute Gasteiger partial charge is 0.306 e. The average molecular weight is 450 g/mol. The average Bonchev–Trinajstić information content (AvgIpc) is 3.11. The van der Waals surface area contributed by atoms with Crippen molar-refractivity contribution in [3.8, 4) is 0 Å². The fourth-order valence-corrected chi connectivity index (χ4v) is 3.99. The molecule has 0 spiro atoms. The molecular weight excluding hydrogens is 431 g/mol. The van der Waals surface area contributed by atoms with Gasteiger partial charge in [-0.2, -0.15) is 13.2 Å². The molecule has 2 aliphatic heterocycles. The van der Waals surface area contributed by atoms with Gasteiger partial charge in [-0.15, -0.1) is 5.53 Å². The van der Waals surface area contributed by atoms with E-state index >= 15 is 0 Å². The number of anilines is 1. The van der Waals surface area contributed by atoms with Gasteiger partial charge in [-0.05, 0) is 56.7 Å². The second kappa shape index (κ2) is 7.58. The number of aryl methyl sites for hydroxylation is 2. The molecule has 0 aliphatic carbocycles. The lowest BCUT2D eigenvalue weighted by atomic mass is 10.0. The first-order valence-corrected chi connectivity index (χ1v) is 9.83. The zero-order chi connectivity index (χ0) is 22.5. The molecular formula is C21H19ClF3N5O. The number of hydrogen-bond acceptors (Lipinski definition) is 5. The van der Waals surface area contributed by atoms with Crippen molar-refractivity contribution in [1.82, 2.24) is 20.8 Å². The lowest BCUT2D eigenvalue weighted by molar-refractivity contribution is -0.137. The van der Waals surface area contributed by atoms with Crippen LogP contribution in [0.4, 0.5) is 19.0 Å². The van der Waals surface area contributed by atoms with Crippen LogP contribution >= 0.6 is 11.6 Å². The van der Waals surface area contributed by atoms with Crippen LogP contribution in [0.5, 0.6) is 0 Å². The van der Waals surface area contributed by atoms with Crippen LogP contribution in [-0.2, 0) is 6.18 Å². The fraction of sp³-hybridized carbons (Fsp3) is 0.238. The Labute approximate surface area is 181 Å². The summed E-state index contributed by atoms with van der Waals surface area (Å²) in [6.07, 6.45) is -1.42. The van der Waals surface area contributed by atoms with E-state index in [0.717, 1.165) is 23.0 Å². The highest BCUT2D eigenvalue weighted by Gasteiger charge is 2.38. The largest absolute Gasteiger partial charge is 0.417 e. The van der Waals surface area contributed by atoms with Crippen molar-refractivity contribution in [1.29, 1.82) is 0 Å². The molecule has 1 amide bonds. The van der Waals surface area contributed by atoms with Gasteiger partial charge < -0.3 is 10.3 Å². The molecule has 2 N–H and O–H groups in total. The summed E-state index contributed by atoms with van der Waals surface area (Å²) in [6, 6.07) is 6.70. The van der Waals surface area contributed by atoms with Crippen molar-refractivity contribution in [3.05, 3.63) is 81.4 Å². The predicted octanol–water partition coefficient (Wildman–Crippen LogP) is 4.47. The van der Waals surface area contributed by atoms with Crippen molar-refractivity contribution < 1.29 is 18.0 Å². The summed E-state index contributed by atoms with van der Waals surface area (Å²) in [7, 11) is 0. The minimum atomic E-state index is -4.65. The number of halogens is 4. The monoisotopic (exact) mass is 449 g/mol. The summed E-state index contributed by atoms with van der Waals surface area (Å²) in [5, 5.41) is 1.14. The molecule has 6 nitrogen and oxygen atoms in total. The molecule has 1 unspecified atom stereocenters. The molecule has 2 aliphatic rings. The van der Waals surface area contributed by atoms with Gasteiger partial charge in [0.15, 0.2) is 0 Å². The molecule has 1 aromatic heterocycles. The van der Waals surface area contributed by atoms with Crippen molar-refractivity contribution in [2.75, 3.05) is 5.01 Å². The third kappa shape index (κ3) is 3.75. The lowest BCUT2D eigenvalue weighted by Gasteiger charge is -2.30. The van der Waals surface area contributed by atoms with Crippen LogP contribution in [0.15, 0.2) is 54.0 Å². The van der Waals surface area contributed by atoms with Crippen molar-refractivity contribution in [2.24, 2.45) is 0 Å². The molecule has 4 rings (SSSR count). The van der Waals surface area contributed by atoms with Gasteiger partial charge in [0.05, 0.1) is 33.6 Å². The van der Waals surface area contributed by atoms with Gasteiger partial charge in [0.2, 0.25) is 0 Å². The van der Waals surface area contributed by atoms with Gasteiger partial charge in [0, 0.05) is 11.9 Å². The number of nitrogens with one attached hydrogen (secondary N) is 2. The third-order valence-electron chi connectivity index (χ3n) is 5.13. The first-order chi connectivity index (χ1) is 14.6. The highest BCUT2D eigenvalue weighted by molar-refractivity contribution is 6.34. The Morgan fingerprint density at radius 2 is 1.97 bits per heavy atom. The van der Waals surface area contributed by atoms with Gasteiger partial charge in [0.1, 0.15) is 5.82 Å². The number of carbonyl (C=O) groups excluding carboxylic acids is 1. The fourth-order valence-electron chi connectivity index (χ4n) is 3.68. The zero-order valence-corrected chi connectivity index (χ0v) is 17.6. The van der Waals surface area contributed by atoms with Crippen LogP contribution < -0.4 is 16.0 Å². The van der Waals surface area contributed by atoms with E-state index in [4.69, 9.17) is 11.6 Å². The zero-order valence-electron chi connectivity index (χ0n) is 16.9. The number of rotatable bonds is 2. The summed E-state index contributed by atoms with van der Waals surface area (Å²) >= 11 is 5.95. The van der Waals surface area contributed by atoms with Crippen LogP contribution in [0.25, 0.3) is 0 Å². The number of hydrogen-bond donors (Lipinski definition) is 2. The number of benzene rings is 1. The summed E-state index contributed by atoms with van der Waals surface area (Å²) < 4.78 is 39.6. The Kier molecular flexibility index (Phi) is 5.18. The Balaban J connectivity index is 1.64. The number of hydrazine groups is 2. The molecule has 162 valence electrons. The highest BCUT2D eigenvalue weighted by atomic mass is 35.5. The number of carbonyl (C=O) groups is 1. The van der Waals surface area contributed by atoms with E-state index in [0.29, 0.717) is 11.5 Å². The maximum atomic E-state index is 13.2. The minimum absolute atomic E-state index is 0.212. The van der Waals surface area contributed by atoms with Crippen molar-refractivity contribution in [3.63, 3.8) is 0 Å². The van der Waals surface area contributed by atoms with Gasteiger partial charge >= 0.3 is 6.18 Å². The van der Waals surface area contributed by atoms with E-state index in [-0.39, 0.29) is 5.56 Å². The predicted molar refractivity (Wildman–Crippen MR) is 111 cm³/mol.